The Hall–Kier alpha value is -8.60. The lowest BCUT2D eigenvalue weighted by molar-refractivity contribution is 0.442. The molecule has 4 heteroatoms. The van der Waals surface area contributed by atoms with Gasteiger partial charge in [-0.25, -0.2) is 0 Å². The lowest BCUT2D eigenvalue weighted by Crippen LogP contribution is -2.13. The second kappa shape index (κ2) is 18.0. The summed E-state index contributed by atoms with van der Waals surface area (Å²) in [5.74, 6) is 0.999. The molecule has 0 saturated heterocycles. The molecular formula is C74H60N2O2. The molecule has 0 unspecified atom stereocenters. The number of hydrogen-bond acceptors (Lipinski definition) is 4. The lowest BCUT2D eigenvalue weighted by Gasteiger charge is -2.30. The standard InChI is InChI=1S/C74H60N2O2/c1-45-19-9-15-33-61(45)75(65-43-51-25-11-13-27-53(51)69-59-31-17-29-55(71(59)77-73(65)69)47-21-5-3-6-22-47)63-41-37-49-36-40-58-64(42-38-50-35-39-57(63)67(49)68(50)58)76(62-34-16-10-20-46(62)2)66-44-52-26-12-14-28-54(52)70-60-32-18-30-56(72(60)78-74(66)70)48-23-7-4-8-24-48/h9-20,25-44,47-48H,3-8,21-24H2,1-2H3. The van der Waals surface area contributed by atoms with E-state index in [0.717, 1.165) is 56.5 Å². The van der Waals surface area contributed by atoms with Gasteiger partial charge in [-0.05, 0) is 153 Å². The van der Waals surface area contributed by atoms with Crippen molar-refractivity contribution >= 4 is 132 Å². The lowest BCUT2D eigenvalue weighted by atomic mass is 9.83. The molecule has 378 valence electrons. The Balaban J connectivity index is 0.961. The van der Waals surface area contributed by atoms with Gasteiger partial charge in [0.15, 0.2) is 11.2 Å². The zero-order valence-electron chi connectivity index (χ0n) is 44.4. The van der Waals surface area contributed by atoms with Crippen LogP contribution in [0.1, 0.15) is 98.3 Å². The highest BCUT2D eigenvalue weighted by molar-refractivity contribution is 6.30. The maximum atomic E-state index is 7.46. The highest BCUT2D eigenvalue weighted by Crippen LogP contribution is 2.54. The van der Waals surface area contributed by atoms with E-state index >= 15 is 0 Å². The van der Waals surface area contributed by atoms with Crippen molar-refractivity contribution < 1.29 is 8.83 Å². The van der Waals surface area contributed by atoms with E-state index in [4.69, 9.17) is 8.83 Å². The van der Waals surface area contributed by atoms with Crippen LogP contribution in [0.25, 0.3) is 97.7 Å². The molecule has 78 heavy (non-hydrogen) atoms. The first-order valence-corrected chi connectivity index (χ1v) is 28.7. The van der Waals surface area contributed by atoms with Crippen molar-refractivity contribution in [1.82, 2.24) is 0 Å². The number of anilines is 6. The van der Waals surface area contributed by atoms with Gasteiger partial charge in [0.25, 0.3) is 0 Å². The number of para-hydroxylation sites is 4. The Bertz CT molecular complexity index is 4400. The molecule has 0 aliphatic heterocycles. The molecule has 4 nitrogen and oxygen atoms in total. The Morgan fingerprint density at radius 3 is 1.14 bits per heavy atom. The number of rotatable bonds is 8. The zero-order chi connectivity index (χ0) is 51.6. The minimum Gasteiger partial charge on any atom is -0.454 e. The fourth-order valence-corrected chi connectivity index (χ4v) is 14.7. The third kappa shape index (κ3) is 6.91. The van der Waals surface area contributed by atoms with Gasteiger partial charge >= 0.3 is 0 Å². The van der Waals surface area contributed by atoms with Gasteiger partial charge in [0, 0.05) is 43.7 Å². The van der Waals surface area contributed by atoms with Gasteiger partial charge in [0.2, 0.25) is 0 Å². The first kappa shape index (κ1) is 45.6. The molecule has 0 bridgehead atoms. The summed E-state index contributed by atoms with van der Waals surface area (Å²) in [6.07, 6.45) is 12.5. The van der Waals surface area contributed by atoms with Gasteiger partial charge in [-0.15, -0.1) is 0 Å². The molecule has 2 heterocycles. The molecule has 0 radical (unpaired) electrons. The molecule has 2 aliphatic carbocycles. The van der Waals surface area contributed by atoms with Crippen LogP contribution in [0.5, 0.6) is 0 Å². The van der Waals surface area contributed by atoms with Crippen LogP contribution < -0.4 is 9.80 Å². The maximum Gasteiger partial charge on any atom is 0.160 e. The molecule has 16 rings (SSSR count). The van der Waals surface area contributed by atoms with Gasteiger partial charge in [-0.1, -0.05) is 196 Å². The topological polar surface area (TPSA) is 32.8 Å². The summed E-state index contributed by atoms with van der Waals surface area (Å²) in [4.78, 5) is 5.02. The van der Waals surface area contributed by atoms with E-state index in [-0.39, 0.29) is 0 Å². The predicted molar refractivity (Wildman–Crippen MR) is 330 cm³/mol. The van der Waals surface area contributed by atoms with Crippen molar-refractivity contribution in [2.75, 3.05) is 9.80 Å². The molecule has 14 aromatic rings. The second-order valence-corrected chi connectivity index (χ2v) is 22.8. The molecular weight excluding hydrogens is 949 g/mol. The van der Waals surface area contributed by atoms with Crippen molar-refractivity contribution in [2.45, 2.75) is 89.9 Å². The van der Waals surface area contributed by atoms with E-state index in [2.05, 4.69) is 218 Å². The van der Waals surface area contributed by atoms with Gasteiger partial charge in [-0.3, -0.25) is 0 Å². The summed E-state index contributed by atoms with van der Waals surface area (Å²) in [7, 11) is 0. The summed E-state index contributed by atoms with van der Waals surface area (Å²) in [5, 5.41) is 16.9. The van der Waals surface area contributed by atoms with E-state index < -0.39 is 0 Å². The molecule has 0 spiro atoms. The summed E-state index contributed by atoms with van der Waals surface area (Å²) >= 11 is 0. The first-order valence-electron chi connectivity index (χ1n) is 28.7. The van der Waals surface area contributed by atoms with Crippen LogP contribution in [-0.4, -0.2) is 0 Å². The number of nitrogens with zero attached hydrogens (tertiary/aromatic N) is 2. The molecule has 12 aromatic carbocycles. The van der Waals surface area contributed by atoms with Crippen LogP contribution >= 0.6 is 0 Å². The van der Waals surface area contributed by atoms with Crippen molar-refractivity contribution in [3.63, 3.8) is 0 Å². The maximum absolute atomic E-state index is 7.46. The number of fused-ring (bicyclic) bond motifs is 10. The summed E-state index contributed by atoms with van der Waals surface area (Å²) in [5.41, 5.74) is 15.6. The number of hydrogen-bond donors (Lipinski definition) is 0. The van der Waals surface area contributed by atoms with Crippen LogP contribution in [-0.2, 0) is 0 Å². The Kier molecular flexibility index (Phi) is 10.5. The highest BCUT2D eigenvalue weighted by atomic mass is 16.3. The fourth-order valence-electron chi connectivity index (χ4n) is 14.7. The van der Waals surface area contributed by atoms with Gasteiger partial charge in [-0.2, -0.15) is 0 Å². The van der Waals surface area contributed by atoms with Crippen LogP contribution in [0.4, 0.5) is 34.1 Å². The average molecular weight is 1010 g/mol. The van der Waals surface area contributed by atoms with Crippen molar-refractivity contribution in [3.05, 3.63) is 216 Å². The highest BCUT2D eigenvalue weighted by Gasteiger charge is 2.30. The molecule has 2 aliphatic rings. The molecule has 0 atom stereocenters. The Morgan fingerprint density at radius 1 is 0.295 bits per heavy atom. The van der Waals surface area contributed by atoms with E-state index in [0.29, 0.717) is 11.8 Å². The monoisotopic (exact) mass is 1010 g/mol. The molecule has 2 aromatic heterocycles. The first-order chi connectivity index (χ1) is 38.6. The molecule has 2 saturated carbocycles. The third-order valence-corrected chi connectivity index (χ3v) is 18.4. The smallest absolute Gasteiger partial charge is 0.160 e. The number of aryl methyl sites for hydroxylation is 2. The van der Waals surface area contributed by atoms with E-state index in [1.165, 1.54) is 162 Å². The Labute approximate surface area is 454 Å². The molecule has 2 fully saturated rings. The van der Waals surface area contributed by atoms with Crippen LogP contribution in [0.3, 0.4) is 0 Å². The van der Waals surface area contributed by atoms with E-state index in [1.807, 2.05) is 0 Å². The predicted octanol–water partition coefficient (Wildman–Crippen LogP) is 22.3. The Morgan fingerprint density at radius 2 is 0.692 bits per heavy atom. The summed E-state index contributed by atoms with van der Waals surface area (Å²) in [6, 6.07) is 72.9. The van der Waals surface area contributed by atoms with Gasteiger partial charge in [0.1, 0.15) is 11.2 Å². The zero-order valence-corrected chi connectivity index (χ0v) is 44.4. The fraction of sp³-hybridized carbons (Fsp3) is 0.189. The van der Waals surface area contributed by atoms with E-state index in [1.54, 1.807) is 0 Å². The molecule has 0 N–H and O–H groups in total. The van der Waals surface area contributed by atoms with Gasteiger partial charge in [0.05, 0.1) is 22.7 Å². The largest absolute Gasteiger partial charge is 0.454 e. The summed E-state index contributed by atoms with van der Waals surface area (Å²) in [6.45, 7) is 4.48. The molecule has 0 amide bonds. The minimum atomic E-state index is 0.499. The van der Waals surface area contributed by atoms with Crippen LogP contribution in [0.15, 0.2) is 203 Å². The quantitative estimate of drug-likeness (QED) is 0.142. The van der Waals surface area contributed by atoms with Crippen molar-refractivity contribution in [2.24, 2.45) is 0 Å². The number of furan rings is 2. The minimum absolute atomic E-state index is 0.499. The third-order valence-electron chi connectivity index (χ3n) is 18.4. The normalized spacial score (nSPS) is 14.9. The van der Waals surface area contributed by atoms with Crippen LogP contribution in [0, 0.1) is 13.8 Å². The van der Waals surface area contributed by atoms with Crippen molar-refractivity contribution in [3.8, 4) is 0 Å². The van der Waals surface area contributed by atoms with Gasteiger partial charge < -0.3 is 18.6 Å². The second-order valence-electron chi connectivity index (χ2n) is 22.8. The number of benzene rings is 12. The average Bonchev–Trinajstić information content (AvgIpc) is 4.27. The van der Waals surface area contributed by atoms with Crippen molar-refractivity contribution in [1.29, 1.82) is 0 Å². The van der Waals surface area contributed by atoms with E-state index in [9.17, 15) is 0 Å². The SMILES string of the molecule is Cc1ccccc1N(c1ccc2ccc3c(N(c4ccccc4C)c4cc5ccccc5c5c4oc4c(C6CCCCC6)cccc45)ccc4ccc1c2c43)c1cc2ccccc2c2c1oc1c(C3CCCCC3)cccc12. The van der Waals surface area contributed by atoms with Crippen LogP contribution in [0.2, 0.25) is 0 Å². The summed E-state index contributed by atoms with van der Waals surface area (Å²) < 4.78 is 14.9.